The predicted octanol–water partition coefficient (Wildman–Crippen LogP) is 3.51. The number of nitrogens with zero attached hydrogens (tertiary/aromatic N) is 4. The highest BCUT2D eigenvalue weighted by atomic mass is 32.2. The molecule has 0 aliphatic carbocycles. The Morgan fingerprint density at radius 2 is 2.00 bits per heavy atom. The summed E-state index contributed by atoms with van der Waals surface area (Å²) >= 11 is 0. The number of piperidine rings is 1. The van der Waals surface area contributed by atoms with E-state index in [4.69, 9.17) is 15.5 Å². The smallest absolute Gasteiger partial charge is 0.281 e. The lowest BCUT2D eigenvalue weighted by Crippen LogP contribution is -2.38. The standard InChI is InChI=1S/C25H30N6O4S.H2/c1-16(2)35-22-12-9-18(14-27-22)20-11-10-19(24(28-20)31-13-5-6-17(3)15-31)25(32)30-36(33,34)23-8-4-7-21(26)29-23;/h4,7-12,14,16-17H,5-6,13,15H2,1-3H3,(H2,26,29)(H,30,32);1H/t17-;/m0./s1. The van der Waals surface area contributed by atoms with Crippen molar-refractivity contribution >= 4 is 27.6 Å². The maximum absolute atomic E-state index is 13.2. The van der Waals surface area contributed by atoms with Crippen molar-refractivity contribution in [1.29, 1.82) is 0 Å². The summed E-state index contributed by atoms with van der Waals surface area (Å²) in [6, 6.07) is 11.1. The van der Waals surface area contributed by atoms with Crippen LogP contribution in [-0.2, 0) is 10.0 Å². The van der Waals surface area contributed by atoms with E-state index in [1.54, 1.807) is 24.4 Å². The molecular weight excluding hydrogens is 480 g/mol. The molecule has 11 heteroatoms. The Labute approximate surface area is 212 Å². The van der Waals surface area contributed by atoms with Gasteiger partial charge in [-0.1, -0.05) is 13.0 Å². The first-order valence-electron chi connectivity index (χ1n) is 11.8. The second kappa shape index (κ2) is 10.5. The average molecular weight is 513 g/mol. The summed E-state index contributed by atoms with van der Waals surface area (Å²) in [6.45, 7) is 7.42. The fourth-order valence-corrected chi connectivity index (χ4v) is 5.00. The summed E-state index contributed by atoms with van der Waals surface area (Å²) in [4.78, 5) is 28.2. The summed E-state index contributed by atoms with van der Waals surface area (Å²) in [7, 11) is -4.23. The third-order valence-electron chi connectivity index (χ3n) is 5.71. The molecule has 1 fully saturated rings. The van der Waals surface area contributed by atoms with Crippen LogP contribution in [0.2, 0.25) is 0 Å². The fraction of sp³-hybridized carbons (Fsp3) is 0.360. The lowest BCUT2D eigenvalue weighted by atomic mass is 9.99. The minimum absolute atomic E-state index is 0. The van der Waals surface area contributed by atoms with Gasteiger partial charge in [0.1, 0.15) is 11.6 Å². The van der Waals surface area contributed by atoms with Crippen LogP contribution in [0.4, 0.5) is 11.6 Å². The first-order chi connectivity index (χ1) is 17.1. The van der Waals surface area contributed by atoms with Crippen molar-refractivity contribution in [2.24, 2.45) is 5.92 Å². The highest BCUT2D eigenvalue weighted by Crippen LogP contribution is 2.29. The number of ether oxygens (including phenoxy) is 1. The maximum atomic E-state index is 13.2. The molecule has 1 atom stereocenters. The molecule has 1 amide bonds. The van der Waals surface area contributed by atoms with E-state index in [1.165, 1.54) is 18.2 Å². The Hall–Kier alpha value is -3.73. The zero-order valence-electron chi connectivity index (χ0n) is 20.5. The van der Waals surface area contributed by atoms with Crippen molar-refractivity contribution in [3.05, 3.63) is 54.2 Å². The van der Waals surface area contributed by atoms with Crippen LogP contribution < -0.4 is 20.1 Å². The number of hydrogen-bond acceptors (Lipinski definition) is 9. The van der Waals surface area contributed by atoms with Gasteiger partial charge < -0.3 is 15.4 Å². The molecule has 4 rings (SSSR count). The number of rotatable bonds is 7. The predicted molar refractivity (Wildman–Crippen MR) is 139 cm³/mol. The van der Waals surface area contributed by atoms with Crippen LogP contribution in [0.5, 0.6) is 5.88 Å². The van der Waals surface area contributed by atoms with Crippen LogP contribution in [0.1, 0.15) is 45.4 Å². The molecule has 0 spiro atoms. The second-order valence-electron chi connectivity index (χ2n) is 9.15. The summed E-state index contributed by atoms with van der Waals surface area (Å²) in [6.07, 6.45) is 3.70. The molecule has 4 heterocycles. The normalized spacial score (nSPS) is 16.1. The van der Waals surface area contributed by atoms with Crippen molar-refractivity contribution in [3.8, 4) is 17.1 Å². The fourth-order valence-electron chi connectivity index (χ4n) is 4.06. The summed E-state index contributed by atoms with van der Waals surface area (Å²) in [5.74, 6) is 0.600. The molecule has 0 radical (unpaired) electrons. The molecule has 0 bridgehead atoms. The van der Waals surface area contributed by atoms with Crippen LogP contribution >= 0.6 is 0 Å². The van der Waals surface area contributed by atoms with Crippen LogP contribution in [-0.4, -0.2) is 48.5 Å². The molecule has 10 nitrogen and oxygen atoms in total. The van der Waals surface area contributed by atoms with E-state index in [0.29, 0.717) is 36.4 Å². The average Bonchev–Trinajstić information content (AvgIpc) is 2.83. The number of aromatic nitrogens is 3. The first kappa shape index (κ1) is 25.4. The number of carbonyl (C=O) groups excluding carboxylic acids is 1. The van der Waals surface area contributed by atoms with E-state index in [2.05, 4.69) is 21.6 Å². The number of sulfonamides is 1. The van der Waals surface area contributed by atoms with Crippen LogP contribution in [0.3, 0.4) is 0 Å². The van der Waals surface area contributed by atoms with Gasteiger partial charge in [-0.25, -0.2) is 19.7 Å². The number of nitrogens with one attached hydrogen (secondary N) is 1. The van der Waals surface area contributed by atoms with Gasteiger partial charge in [0.2, 0.25) is 5.88 Å². The minimum atomic E-state index is -4.23. The van der Waals surface area contributed by atoms with Gasteiger partial charge in [0.15, 0.2) is 5.03 Å². The monoisotopic (exact) mass is 512 g/mol. The van der Waals surface area contributed by atoms with Crippen LogP contribution in [0.25, 0.3) is 11.3 Å². The van der Waals surface area contributed by atoms with Crippen molar-refractivity contribution in [3.63, 3.8) is 0 Å². The molecule has 0 aromatic carbocycles. The van der Waals surface area contributed by atoms with Crippen LogP contribution in [0.15, 0.2) is 53.7 Å². The molecule has 0 unspecified atom stereocenters. The van der Waals surface area contributed by atoms with Crippen molar-refractivity contribution in [2.45, 2.75) is 44.7 Å². The number of pyridine rings is 3. The highest BCUT2D eigenvalue weighted by Gasteiger charge is 2.27. The van der Waals surface area contributed by atoms with E-state index in [1.807, 2.05) is 24.8 Å². The van der Waals surface area contributed by atoms with Crippen LogP contribution in [0, 0.1) is 5.92 Å². The number of hydrogen-bond donors (Lipinski definition) is 2. The van der Waals surface area contributed by atoms with Crippen molar-refractivity contribution in [2.75, 3.05) is 23.7 Å². The summed E-state index contributed by atoms with van der Waals surface area (Å²) < 4.78 is 33.3. The SMILES string of the molecule is CC(C)Oc1ccc(-c2ccc(C(=O)NS(=O)(=O)c3cccc(N)n3)c(N3CCC[C@H](C)C3)n2)cn1.[HH]. The van der Waals surface area contributed by atoms with Gasteiger partial charge in [0.05, 0.1) is 17.4 Å². The molecule has 3 N–H and O–H groups in total. The Morgan fingerprint density at radius 1 is 1.19 bits per heavy atom. The third-order valence-corrected chi connectivity index (χ3v) is 6.94. The second-order valence-corrected chi connectivity index (χ2v) is 10.8. The summed E-state index contributed by atoms with van der Waals surface area (Å²) in [5, 5.41) is -0.330. The van der Waals surface area contributed by atoms with Gasteiger partial charge in [-0.3, -0.25) is 4.79 Å². The van der Waals surface area contributed by atoms with E-state index in [0.717, 1.165) is 18.4 Å². The van der Waals surface area contributed by atoms with Gasteiger partial charge in [0.25, 0.3) is 15.9 Å². The molecule has 192 valence electrons. The Balaban J connectivity index is 0.00000380. The van der Waals surface area contributed by atoms with E-state index in [-0.39, 0.29) is 23.9 Å². The highest BCUT2D eigenvalue weighted by molar-refractivity contribution is 7.90. The lowest BCUT2D eigenvalue weighted by molar-refractivity contribution is 0.0981. The number of anilines is 2. The minimum Gasteiger partial charge on any atom is -0.475 e. The molecular formula is C25H32N6O4S. The zero-order chi connectivity index (χ0) is 25.9. The first-order valence-corrected chi connectivity index (χ1v) is 13.3. The third kappa shape index (κ3) is 5.91. The quantitative estimate of drug-likeness (QED) is 0.486. The Kier molecular flexibility index (Phi) is 7.39. The molecule has 1 aliphatic heterocycles. The molecule has 36 heavy (non-hydrogen) atoms. The Morgan fingerprint density at radius 3 is 2.67 bits per heavy atom. The van der Waals surface area contributed by atoms with E-state index >= 15 is 0 Å². The van der Waals surface area contributed by atoms with Gasteiger partial charge in [-0.05, 0) is 62.9 Å². The van der Waals surface area contributed by atoms with Gasteiger partial charge in [0, 0.05) is 32.3 Å². The number of amides is 1. The summed E-state index contributed by atoms with van der Waals surface area (Å²) in [5.41, 5.74) is 7.14. The number of nitrogens with two attached hydrogens (primary N) is 1. The maximum Gasteiger partial charge on any atom is 0.281 e. The molecule has 1 saturated heterocycles. The van der Waals surface area contributed by atoms with Gasteiger partial charge in [-0.2, -0.15) is 8.42 Å². The lowest BCUT2D eigenvalue weighted by Gasteiger charge is -2.33. The molecule has 3 aromatic heterocycles. The molecule has 0 saturated carbocycles. The molecule has 1 aliphatic rings. The van der Waals surface area contributed by atoms with Crippen molar-refractivity contribution in [1.82, 2.24) is 19.7 Å². The zero-order valence-corrected chi connectivity index (χ0v) is 21.3. The van der Waals surface area contributed by atoms with E-state index < -0.39 is 15.9 Å². The number of carbonyl (C=O) groups is 1. The molecule has 3 aromatic rings. The Bertz CT molecular complexity index is 1350. The van der Waals surface area contributed by atoms with E-state index in [9.17, 15) is 13.2 Å². The topological polar surface area (TPSA) is 140 Å². The van der Waals surface area contributed by atoms with Gasteiger partial charge >= 0.3 is 0 Å². The number of nitrogen functional groups attached to an aromatic ring is 1. The van der Waals surface area contributed by atoms with Crippen molar-refractivity contribution < 1.29 is 19.4 Å². The largest absolute Gasteiger partial charge is 0.475 e. The van der Waals surface area contributed by atoms with Gasteiger partial charge in [-0.15, -0.1) is 0 Å².